The monoisotopic (exact) mass is 570 g/mol. The van der Waals surface area contributed by atoms with Gasteiger partial charge in [0.15, 0.2) is 22.8 Å². The molecule has 0 amide bonds. The molecule has 2 aliphatic heterocycles. The number of morpholine rings is 1. The Hall–Kier alpha value is -3.31. The van der Waals surface area contributed by atoms with E-state index in [9.17, 15) is 21.6 Å². The van der Waals surface area contributed by atoms with E-state index < -0.39 is 28.8 Å². The number of rotatable bonds is 6. The number of anilines is 3. The summed E-state index contributed by atoms with van der Waals surface area (Å²) in [6.07, 6.45) is -0.442. The molecule has 212 valence electrons. The van der Waals surface area contributed by atoms with Gasteiger partial charge >= 0.3 is 6.18 Å². The van der Waals surface area contributed by atoms with E-state index in [-0.39, 0.29) is 42.6 Å². The molecule has 39 heavy (non-hydrogen) atoms. The Morgan fingerprint density at radius 1 is 1.05 bits per heavy atom. The lowest BCUT2D eigenvalue weighted by atomic mass is 10.2. The maximum Gasteiger partial charge on any atom is 0.406 e. The lowest BCUT2D eigenvalue weighted by Crippen LogP contribution is -2.54. The molecule has 5 rings (SSSR count). The molecule has 1 atom stereocenters. The highest BCUT2D eigenvalue weighted by molar-refractivity contribution is 7.88. The van der Waals surface area contributed by atoms with E-state index in [2.05, 4.69) is 25.3 Å². The smallest absolute Gasteiger partial charge is 0.378 e. The third-order valence-corrected chi connectivity index (χ3v) is 8.01. The van der Waals surface area contributed by atoms with Crippen LogP contribution < -0.4 is 15.1 Å². The second kappa shape index (κ2) is 10.3. The summed E-state index contributed by atoms with van der Waals surface area (Å²) in [5.41, 5.74) is 0.678. The predicted molar refractivity (Wildman–Crippen MR) is 138 cm³/mol. The molecule has 3 aromatic heterocycles. The van der Waals surface area contributed by atoms with Gasteiger partial charge in [-0.05, 0) is 6.92 Å². The van der Waals surface area contributed by atoms with Gasteiger partial charge in [-0.1, -0.05) is 0 Å². The van der Waals surface area contributed by atoms with Gasteiger partial charge in [-0.2, -0.15) is 17.5 Å². The summed E-state index contributed by atoms with van der Waals surface area (Å²) in [6.45, 7) is 2.68. The zero-order valence-corrected chi connectivity index (χ0v) is 22.5. The molecule has 2 fully saturated rings. The molecule has 2 saturated heterocycles. The van der Waals surface area contributed by atoms with Crippen LogP contribution in [-0.2, 0) is 21.3 Å². The van der Waals surface area contributed by atoms with Crippen molar-refractivity contribution in [3.05, 3.63) is 12.4 Å². The minimum Gasteiger partial charge on any atom is -0.378 e. The number of halogens is 3. The molecular formula is C22H29F3N10O3S. The predicted octanol–water partition coefficient (Wildman–Crippen LogP) is 1.19. The van der Waals surface area contributed by atoms with E-state index >= 15 is 0 Å². The van der Waals surface area contributed by atoms with E-state index in [4.69, 9.17) is 9.72 Å². The highest BCUT2D eigenvalue weighted by Gasteiger charge is 2.36. The number of fused-ring (bicyclic) bond motifs is 1. The van der Waals surface area contributed by atoms with Crippen LogP contribution in [-0.4, -0.2) is 114 Å². The lowest BCUT2D eigenvalue weighted by Gasteiger charge is -2.38. The molecule has 3 aromatic rings. The van der Waals surface area contributed by atoms with E-state index in [1.54, 1.807) is 18.9 Å². The van der Waals surface area contributed by atoms with E-state index in [1.165, 1.54) is 16.7 Å². The maximum atomic E-state index is 13.9. The zero-order chi connectivity index (χ0) is 27.9. The number of hydrogen-bond donors (Lipinski definition) is 1. The first-order valence-corrected chi connectivity index (χ1v) is 14.2. The maximum absolute atomic E-state index is 13.9. The third kappa shape index (κ3) is 5.69. The number of piperazine rings is 1. The van der Waals surface area contributed by atoms with Crippen LogP contribution in [0.2, 0.25) is 0 Å². The fourth-order valence-corrected chi connectivity index (χ4v) is 5.99. The van der Waals surface area contributed by atoms with Crippen molar-refractivity contribution in [3.8, 4) is 11.4 Å². The second-order valence-electron chi connectivity index (χ2n) is 9.47. The van der Waals surface area contributed by atoms with Gasteiger partial charge in [-0.3, -0.25) is 4.57 Å². The summed E-state index contributed by atoms with van der Waals surface area (Å²) in [5, 5.41) is 2.82. The van der Waals surface area contributed by atoms with Gasteiger partial charge in [0.2, 0.25) is 21.9 Å². The van der Waals surface area contributed by atoms with Crippen LogP contribution in [0.25, 0.3) is 22.6 Å². The van der Waals surface area contributed by atoms with Gasteiger partial charge in [0.1, 0.15) is 6.54 Å². The summed E-state index contributed by atoms with van der Waals surface area (Å²) in [5.74, 6) is 0.989. The van der Waals surface area contributed by atoms with Gasteiger partial charge in [0.25, 0.3) is 0 Å². The summed E-state index contributed by atoms with van der Waals surface area (Å²) < 4.78 is 73.9. The molecule has 0 unspecified atom stereocenters. The van der Waals surface area contributed by atoms with Crippen molar-refractivity contribution in [1.82, 2.24) is 33.8 Å². The van der Waals surface area contributed by atoms with Crippen LogP contribution in [0.1, 0.15) is 6.92 Å². The van der Waals surface area contributed by atoms with Crippen molar-refractivity contribution in [1.29, 1.82) is 0 Å². The standard InChI is InChI=1S/C22H29F3N10O3S/c1-14-12-33(4-5-35(14)39(3,36)37)21-29-16-18(32-6-8-38-9-7-32)30-17(15-10-27-20(26-2)28-11-15)31-19(16)34(21)13-22(23,24)25/h10-11,14H,4-9,12-13H2,1-3H3,(H,26,27,28)/t14-/m0/s1. The number of hydrogen-bond acceptors (Lipinski definition) is 11. The van der Waals surface area contributed by atoms with Crippen molar-refractivity contribution < 1.29 is 26.3 Å². The largest absolute Gasteiger partial charge is 0.406 e. The minimum atomic E-state index is -4.57. The number of imidazole rings is 1. The van der Waals surface area contributed by atoms with Crippen molar-refractivity contribution in [3.63, 3.8) is 0 Å². The van der Waals surface area contributed by atoms with E-state index in [0.717, 1.165) is 10.8 Å². The van der Waals surface area contributed by atoms with Crippen LogP contribution in [0.3, 0.4) is 0 Å². The van der Waals surface area contributed by atoms with Crippen LogP contribution in [0.15, 0.2) is 12.4 Å². The molecule has 1 N–H and O–H groups in total. The number of aromatic nitrogens is 6. The van der Waals surface area contributed by atoms with Crippen LogP contribution >= 0.6 is 0 Å². The molecule has 0 bridgehead atoms. The van der Waals surface area contributed by atoms with Gasteiger partial charge in [0, 0.05) is 58.2 Å². The fourth-order valence-electron chi connectivity index (χ4n) is 4.85. The Labute approximate surface area is 223 Å². The highest BCUT2D eigenvalue weighted by Crippen LogP contribution is 2.34. The molecule has 13 nitrogen and oxygen atoms in total. The van der Waals surface area contributed by atoms with Crippen LogP contribution in [0.4, 0.5) is 30.9 Å². The van der Waals surface area contributed by atoms with Gasteiger partial charge in [-0.15, -0.1) is 0 Å². The molecule has 0 aromatic carbocycles. The van der Waals surface area contributed by atoms with Crippen molar-refractivity contribution in [2.24, 2.45) is 0 Å². The summed E-state index contributed by atoms with van der Waals surface area (Å²) in [7, 11) is -1.80. The number of alkyl halides is 3. The van der Waals surface area contributed by atoms with E-state index in [1.807, 2.05) is 4.90 Å². The average Bonchev–Trinajstić information content (AvgIpc) is 3.24. The first-order valence-electron chi connectivity index (χ1n) is 12.3. The second-order valence-corrected chi connectivity index (χ2v) is 11.4. The summed E-state index contributed by atoms with van der Waals surface area (Å²) >= 11 is 0. The molecular weight excluding hydrogens is 541 g/mol. The van der Waals surface area contributed by atoms with Gasteiger partial charge in [-0.25, -0.2) is 33.3 Å². The number of nitrogens with zero attached hydrogens (tertiary/aromatic N) is 9. The van der Waals surface area contributed by atoms with Crippen molar-refractivity contribution >= 4 is 38.9 Å². The normalized spacial score (nSPS) is 19.6. The topological polar surface area (TPSA) is 134 Å². The quantitative estimate of drug-likeness (QED) is 0.458. The number of sulfonamides is 1. The Morgan fingerprint density at radius 3 is 2.33 bits per heavy atom. The van der Waals surface area contributed by atoms with Crippen LogP contribution in [0.5, 0.6) is 0 Å². The molecule has 0 saturated carbocycles. The Bertz CT molecular complexity index is 1440. The van der Waals surface area contributed by atoms with Crippen molar-refractivity contribution in [2.75, 3.05) is 74.4 Å². The number of ether oxygens (including phenoxy) is 1. The summed E-state index contributed by atoms with van der Waals surface area (Å²) in [4.78, 5) is 25.9. The molecule has 0 radical (unpaired) electrons. The number of nitrogens with one attached hydrogen (secondary N) is 1. The molecule has 0 aliphatic carbocycles. The van der Waals surface area contributed by atoms with Crippen molar-refractivity contribution in [2.45, 2.75) is 25.7 Å². The SMILES string of the molecule is CNc1ncc(-c2nc(N3CCOCC3)c3nc(N4CCN(S(C)(=O)=O)[C@@H](C)C4)n(CC(F)(F)F)c3n2)cn1. The molecule has 2 aliphatic rings. The third-order valence-electron chi connectivity index (χ3n) is 6.61. The van der Waals surface area contributed by atoms with Crippen LogP contribution in [0, 0.1) is 0 Å². The Kier molecular flexibility index (Phi) is 7.23. The van der Waals surface area contributed by atoms with Gasteiger partial charge < -0.3 is 19.9 Å². The molecule has 0 spiro atoms. The van der Waals surface area contributed by atoms with E-state index in [0.29, 0.717) is 43.6 Å². The zero-order valence-electron chi connectivity index (χ0n) is 21.7. The fraction of sp³-hybridized carbons (Fsp3) is 0.591. The highest BCUT2D eigenvalue weighted by atomic mass is 32.2. The lowest BCUT2D eigenvalue weighted by molar-refractivity contribution is -0.139. The first-order chi connectivity index (χ1) is 18.4. The minimum absolute atomic E-state index is 0.0182. The Morgan fingerprint density at radius 2 is 1.74 bits per heavy atom. The Balaban J connectivity index is 1.67. The first kappa shape index (κ1) is 27.3. The molecule has 5 heterocycles. The summed E-state index contributed by atoms with van der Waals surface area (Å²) in [6, 6.07) is -0.462. The van der Waals surface area contributed by atoms with Gasteiger partial charge in [0.05, 0.1) is 25.0 Å². The average molecular weight is 571 g/mol. The molecule has 17 heteroatoms.